The molecule has 0 bridgehead atoms. The largest absolute Gasteiger partial charge is 0.370 e. The van der Waals surface area contributed by atoms with Gasteiger partial charge in [-0.25, -0.2) is 4.79 Å². The summed E-state index contributed by atoms with van der Waals surface area (Å²) in [6.07, 6.45) is 1.58. The normalized spacial score (nSPS) is 9.95. The Labute approximate surface area is 117 Å². The third kappa shape index (κ3) is 7.31. The SMILES string of the molecule is NC(=O)CCCNC(=O)NCCc1ccc(Cl)cc1. The molecule has 0 aliphatic rings. The molecule has 4 N–H and O–H groups in total. The Morgan fingerprint density at radius 1 is 1.11 bits per heavy atom. The predicted octanol–water partition coefficient (Wildman–Crippen LogP) is 1.45. The predicted molar refractivity (Wildman–Crippen MR) is 75.0 cm³/mol. The highest BCUT2D eigenvalue weighted by Crippen LogP contribution is 2.09. The molecule has 1 aromatic rings. The molecule has 0 radical (unpaired) electrons. The summed E-state index contributed by atoms with van der Waals surface area (Å²) in [5.74, 6) is -0.357. The van der Waals surface area contributed by atoms with Crippen LogP contribution in [0.3, 0.4) is 0 Å². The Kier molecular flexibility index (Phi) is 6.74. The summed E-state index contributed by atoms with van der Waals surface area (Å²) in [4.78, 5) is 21.9. The highest BCUT2D eigenvalue weighted by atomic mass is 35.5. The lowest BCUT2D eigenvalue weighted by atomic mass is 10.1. The monoisotopic (exact) mass is 283 g/mol. The highest BCUT2D eigenvalue weighted by Gasteiger charge is 2.00. The van der Waals surface area contributed by atoms with E-state index in [1.54, 1.807) is 0 Å². The number of primary amides is 1. The first-order valence-corrected chi connectivity index (χ1v) is 6.50. The van der Waals surface area contributed by atoms with Crippen LogP contribution in [0.15, 0.2) is 24.3 Å². The van der Waals surface area contributed by atoms with E-state index in [9.17, 15) is 9.59 Å². The first-order valence-electron chi connectivity index (χ1n) is 6.12. The molecule has 1 aromatic carbocycles. The summed E-state index contributed by atoms with van der Waals surface area (Å²) < 4.78 is 0. The van der Waals surface area contributed by atoms with Crippen LogP contribution in [0.25, 0.3) is 0 Å². The van der Waals surface area contributed by atoms with E-state index in [-0.39, 0.29) is 18.4 Å². The number of hydrogen-bond acceptors (Lipinski definition) is 2. The van der Waals surface area contributed by atoms with E-state index >= 15 is 0 Å². The van der Waals surface area contributed by atoms with E-state index in [1.807, 2.05) is 24.3 Å². The average Bonchev–Trinajstić information content (AvgIpc) is 2.37. The zero-order chi connectivity index (χ0) is 14.1. The van der Waals surface area contributed by atoms with Crippen molar-refractivity contribution in [2.45, 2.75) is 19.3 Å². The number of nitrogens with two attached hydrogens (primary N) is 1. The van der Waals surface area contributed by atoms with Gasteiger partial charge in [-0.15, -0.1) is 0 Å². The van der Waals surface area contributed by atoms with Crippen molar-refractivity contribution in [1.29, 1.82) is 0 Å². The van der Waals surface area contributed by atoms with Crippen molar-refractivity contribution in [3.05, 3.63) is 34.9 Å². The lowest BCUT2D eigenvalue weighted by Crippen LogP contribution is -2.37. The second-order valence-corrected chi connectivity index (χ2v) is 4.57. The molecule has 0 aliphatic carbocycles. The molecule has 0 saturated heterocycles. The number of urea groups is 1. The molecular weight excluding hydrogens is 266 g/mol. The van der Waals surface area contributed by atoms with Crippen molar-refractivity contribution in [2.24, 2.45) is 5.73 Å². The summed E-state index contributed by atoms with van der Waals surface area (Å²) in [7, 11) is 0. The third-order valence-corrected chi connectivity index (χ3v) is 2.75. The van der Waals surface area contributed by atoms with Gasteiger partial charge in [-0.05, 0) is 30.5 Å². The maximum atomic E-state index is 11.4. The zero-order valence-electron chi connectivity index (χ0n) is 10.6. The Bertz CT molecular complexity index is 420. The third-order valence-electron chi connectivity index (χ3n) is 2.50. The Morgan fingerprint density at radius 3 is 2.37 bits per heavy atom. The fraction of sp³-hybridized carbons (Fsp3) is 0.385. The van der Waals surface area contributed by atoms with Gasteiger partial charge < -0.3 is 16.4 Å². The van der Waals surface area contributed by atoms with Gasteiger partial charge in [-0.1, -0.05) is 23.7 Å². The maximum absolute atomic E-state index is 11.4. The fourth-order valence-corrected chi connectivity index (χ4v) is 1.62. The van der Waals surface area contributed by atoms with Crippen LogP contribution in [-0.2, 0) is 11.2 Å². The van der Waals surface area contributed by atoms with E-state index in [2.05, 4.69) is 10.6 Å². The van der Waals surface area contributed by atoms with E-state index < -0.39 is 0 Å². The van der Waals surface area contributed by atoms with Gasteiger partial charge in [0, 0.05) is 24.5 Å². The Morgan fingerprint density at radius 2 is 1.74 bits per heavy atom. The number of rotatable bonds is 7. The standard InChI is InChI=1S/C13H18ClN3O2/c14-11-5-3-10(4-6-11)7-9-17-13(19)16-8-1-2-12(15)18/h3-6H,1-2,7-9H2,(H2,15,18)(H2,16,17,19). The minimum Gasteiger partial charge on any atom is -0.370 e. The zero-order valence-corrected chi connectivity index (χ0v) is 11.4. The second-order valence-electron chi connectivity index (χ2n) is 4.13. The van der Waals surface area contributed by atoms with E-state index in [4.69, 9.17) is 17.3 Å². The van der Waals surface area contributed by atoms with Crippen LogP contribution in [0.5, 0.6) is 0 Å². The molecule has 0 heterocycles. The lowest BCUT2D eigenvalue weighted by Gasteiger charge is -2.07. The molecule has 0 atom stereocenters. The molecular formula is C13H18ClN3O2. The van der Waals surface area contributed by atoms with Crippen molar-refractivity contribution < 1.29 is 9.59 Å². The van der Waals surface area contributed by atoms with Crippen LogP contribution in [-0.4, -0.2) is 25.0 Å². The molecule has 0 aromatic heterocycles. The summed E-state index contributed by atoms with van der Waals surface area (Å²) in [6, 6.07) is 7.25. The lowest BCUT2D eigenvalue weighted by molar-refractivity contribution is -0.118. The molecule has 5 nitrogen and oxygen atoms in total. The van der Waals surface area contributed by atoms with Gasteiger partial charge in [0.15, 0.2) is 0 Å². The van der Waals surface area contributed by atoms with Crippen molar-refractivity contribution >= 4 is 23.5 Å². The van der Waals surface area contributed by atoms with Crippen LogP contribution in [0.2, 0.25) is 5.02 Å². The minimum absolute atomic E-state index is 0.238. The van der Waals surface area contributed by atoms with Crippen LogP contribution in [0, 0.1) is 0 Å². The first-order chi connectivity index (χ1) is 9.08. The molecule has 3 amide bonds. The van der Waals surface area contributed by atoms with Crippen LogP contribution in [0.4, 0.5) is 4.79 Å². The second kappa shape index (κ2) is 8.37. The van der Waals surface area contributed by atoms with E-state index in [1.165, 1.54) is 0 Å². The first kappa shape index (κ1) is 15.3. The number of halogens is 1. The summed E-state index contributed by atoms with van der Waals surface area (Å²) in [6.45, 7) is 0.985. The number of carbonyl (C=O) groups is 2. The number of amides is 3. The van der Waals surface area contributed by atoms with Gasteiger partial charge in [0.2, 0.25) is 5.91 Å². The Hall–Kier alpha value is -1.75. The molecule has 1 rings (SSSR count). The van der Waals surface area contributed by atoms with Gasteiger partial charge in [-0.2, -0.15) is 0 Å². The minimum atomic E-state index is -0.357. The van der Waals surface area contributed by atoms with Gasteiger partial charge >= 0.3 is 6.03 Å². The quantitative estimate of drug-likeness (QED) is 0.662. The maximum Gasteiger partial charge on any atom is 0.314 e. The number of nitrogens with one attached hydrogen (secondary N) is 2. The molecule has 6 heteroatoms. The van der Waals surface area contributed by atoms with Crippen LogP contribution in [0.1, 0.15) is 18.4 Å². The summed E-state index contributed by atoms with van der Waals surface area (Å²) >= 11 is 5.78. The van der Waals surface area contributed by atoms with Crippen molar-refractivity contribution in [1.82, 2.24) is 10.6 Å². The van der Waals surface area contributed by atoms with Gasteiger partial charge in [0.25, 0.3) is 0 Å². The molecule has 0 unspecified atom stereocenters. The molecule has 19 heavy (non-hydrogen) atoms. The fourth-order valence-electron chi connectivity index (χ4n) is 1.50. The van der Waals surface area contributed by atoms with E-state index in [0.29, 0.717) is 24.5 Å². The van der Waals surface area contributed by atoms with E-state index in [0.717, 1.165) is 12.0 Å². The van der Waals surface area contributed by atoms with Gasteiger partial charge in [0.05, 0.1) is 0 Å². The number of hydrogen-bond donors (Lipinski definition) is 3. The van der Waals surface area contributed by atoms with Crippen molar-refractivity contribution in [3.8, 4) is 0 Å². The molecule has 0 spiro atoms. The molecule has 104 valence electrons. The summed E-state index contributed by atoms with van der Waals surface area (Å²) in [5, 5.41) is 6.09. The molecule has 0 fully saturated rings. The smallest absolute Gasteiger partial charge is 0.314 e. The molecule has 0 saturated carbocycles. The van der Waals surface area contributed by atoms with Gasteiger partial charge in [-0.3, -0.25) is 4.79 Å². The average molecular weight is 284 g/mol. The van der Waals surface area contributed by atoms with Crippen molar-refractivity contribution in [3.63, 3.8) is 0 Å². The number of carbonyl (C=O) groups excluding carboxylic acids is 2. The van der Waals surface area contributed by atoms with Crippen molar-refractivity contribution in [2.75, 3.05) is 13.1 Å². The van der Waals surface area contributed by atoms with Gasteiger partial charge in [0.1, 0.15) is 0 Å². The number of benzene rings is 1. The Balaban J connectivity index is 2.10. The molecule has 0 aliphatic heterocycles. The summed E-state index contributed by atoms with van der Waals surface area (Å²) in [5.41, 5.74) is 6.10. The topological polar surface area (TPSA) is 84.2 Å². The highest BCUT2D eigenvalue weighted by molar-refractivity contribution is 6.30. The van der Waals surface area contributed by atoms with Crippen LogP contribution < -0.4 is 16.4 Å². The van der Waals surface area contributed by atoms with Crippen LogP contribution >= 0.6 is 11.6 Å².